The molecule has 1 unspecified atom stereocenters. The van der Waals surface area contributed by atoms with Gasteiger partial charge in [-0.25, -0.2) is 0 Å². The Morgan fingerprint density at radius 1 is 1.40 bits per heavy atom. The molecule has 1 aliphatic heterocycles. The molecule has 2 rings (SSSR count). The van der Waals surface area contributed by atoms with Gasteiger partial charge in [0.05, 0.1) is 6.26 Å². The zero-order chi connectivity index (χ0) is 10.5. The van der Waals surface area contributed by atoms with Crippen LogP contribution in [0.15, 0.2) is 22.8 Å². The highest BCUT2D eigenvalue weighted by atomic mass is 16.3. The Hall–Kier alpha value is -0.800. The molecule has 2 heterocycles. The maximum Gasteiger partial charge on any atom is 0.104 e. The zero-order valence-corrected chi connectivity index (χ0v) is 9.19. The van der Waals surface area contributed by atoms with E-state index in [9.17, 15) is 0 Å². The lowest BCUT2D eigenvalue weighted by Gasteiger charge is -2.21. The summed E-state index contributed by atoms with van der Waals surface area (Å²) < 4.78 is 5.36. The van der Waals surface area contributed by atoms with Gasteiger partial charge >= 0.3 is 0 Å². The van der Waals surface area contributed by atoms with E-state index in [1.165, 1.54) is 25.9 Å². The first kappa shape index (κ1) is 10.7. The minimum absolute atomic E-state index is 0.536. The number of nitrogens with zero attached hydrogens (tertiary/aromatic N) is 1. The van der Waals surface area contributed by atoms with Crippen LogP contribution in [0.3, 0.4) is 0 Å². The third-order valence-corrected chi connectivity index (χ3v) is 3.12. The Morgan fingerprint density at radius 2 is 2.20 bits per heavy atom. The van der Waals surface area contributed by atoms with E-state index in [0.29, 0.717) is 5.92 Å². The average Bonchev–Trinajstić information content (AvgIpc) is 2.89. The van der Waals surface area contributed by atoms with E-state index in [1.54, 1.807) is 6.26 Å². The van der Waals surface area contributed by atoms with Crippen LogP contribution in [0.1, 0.15) is 18.6 Å². The molecular formula is C12H20N2O. The van der Waals surface area contributed by atoms with Crippen molar-refractivity contribution in [1.29, 1.82) is 0 Å². The van der Waals surface area contributed by atoms with Crippen LogP contribution in [-0.2, 0) is 6.42 Å². The van der Waals surface area contributed by atoms with E-state index < -0.39 is 0 Å². The first-order valence-corrected chi connectivity index (χ1v) is 5.83. The smallest absolute Gasteiger partial charge is 0.104 e. The molecule has 84 valence electrons. The lowest BCUT2D eigenvalue weighted by molar-refractivity contribution is 0.272. The number of nitrogens with two attached hydrogens (primary N) is 1. The monoisotopic (exact) mass is 208 g/mol. The van der Waals surface area contributed by atoms with E-state index in [0.717, 1.165) is 25.3 Å². The van der Waals surface area contributed by atoms with Gasteiger partial charge in [-0.2, -0.15) is 0 Å². The van der Waals surface area contributed by atoms with Crippen molar-refractivity contribution in [3.8, 4) is 0 Å². The molecule has 0 amide bonds. The fourth-order valence-corrected chi connectivity index (χ4v) is 2.27. The molecule has 1 atom stereocenters. The van der Waals surface area contributed by atoms with Gasteiger partial charge in [-0.15, -0.1) is 0 Å². The second kappa shape index (κ2) is 5.33. The van der Waals surface area contributed by atoms with Crippen LogP contribution in [0.5, 0.6) is 0 Å². The Kier molecular flexibility index (Phi) is 3.80. The van der Waals surface area contributed by atoms with Gasteiger partial charge in [-0.05, 0) is 50.5 Å². The number of likely N-dealkylation sites (tertiary alicyclic amines) is 1. The van der Waals surface area contributed by atoms with Crippen molar-refractivity contribution in [1.82, 2.24) is 4.90 Å². The molecule has 0 radical (unpaired) electrons. The molecule has 1 saturated heterocycles. The predicted molar refractivity (Wildman–Crippen MR) is 60.6 cm³/mol. The molecular weight excluding hydrogens is 188 g/mol. The third-order valence-electron chi connectivity index (χ3n) is 3.12. The van der Waals surface area contributed by atoms with E-state index in [1.807, 2.05) is 12.1 Å². The number of rotatable bonds is 5. The predicted octanol–water partition coefficient (Wildman–Crippen LogP) is 1.49. The summed E-state index contributed by atoms with van der Waals surface area (Å²) in [6, 6.07) is 3.98. The van der Waals surface area contributed by atoms with Crippen molar-refractivity contribution in [2.45, 2.75) is 19.3 Å². The van der Waals surface area contributed by atoms with Crippen LogP contribution in [-0.4, -0.2) is 31.1 Å². The lowest BCUT2D eigenvalue weighted by atomic mass is 10.0. The van der Waals surface area contributed by atoms with Crippen LogP contribution in [0, 0.1) is 5.92 Å². The molecule has 2 N–H and O–H groups in total. The Bertz CT molecular complexity index is 265. The van der Waals surface area contributed by atoms with Crippen LogP contribution >= 0.6 is 0 Å². The molecule has 0 saturated carbocycles. The molecule has 15 heavy (non-hydrogen) atoms. The minimum atomic E-state index is 0.536. The number of furan rings is 1. The van der Waals surface area contributed by atoms with Crippen LogP contribution in [0.2, 0.25) is 0 Å². The van der Waals surface area contributed by atoms with E-state index >= 15 is 0 Å². The summed E-state index contributed by atoms with van der Waals surface area (Å²) in [4.78, 5) is 2.51. The molecule has 0 spiro atoms. The summed E-state index contributed by atoms with van der Waals surface area (Å²) in [7, 11) is 0. The van der Waals surface area contributed by atoms with Crippen molar-refractivity contribution in [2.75, 3.05) is 26.2 Å². The molecule has 0 aliphatic carbocycles. The van der Waals surface area contributed by atoms with Gasteiger partial charge < -0.3 is 15.1 Å². The van der Waals surface area contributed by atoms with Crippen LogP contribution < -0.4 is 5.73 Å². The minimum Gasteiger partial charge on any atom is -0.469 e. The third kappa shape index (κ3) is 3.08. The summed E-state index contributed by atoms with van der Waals surface area (Å²) >= 11 is 0. The average molecular weight is 208 g/mol. The fourth-order valence-electron chi connectivity index (χ4n) is 2.27. The first-order chi connectivity index (χ1) is 7.38. The van der Waals surface area contributed by atoms with Gasteiger partial charge in [0.1, 0.15) is 5.76 Å². The van der Waals surface area contributed by atoms with Gasteiger partial charge in [0, 0.05) is 13.0 Å². The van der Waals surface area contributed by atoms with Gasteiger partial charge in [0.15, 0.2) is 0 Å². The topological polar surface area (TPSA) is 42.4 Å². The van der Waals surface area contributed by atoms with E-state index in [2.05, 4.69) is 4.90 Å². The van der Waals surface area contributed by atoms with Gasteiger partial charge in [0.25, 0.3) is 0 Å². The van der Waals surface area contributed by atoms with Gasteiger partial charge in [0.2, 0.25) is 0 Å². The van der Waals surface area contributed by atoms with Crippen molar-refractivity contribution in [3.63, 3.8) is 0 Å². The molecule has 1 aromatic heterocycles. The number of hydrogen-bond acceptors (Lipinski definition) is 3. The molecule has 0 aromatic carbocycles. The molecule has 1 aliphatic rings. The quantitative estimate of drug-likeness (QED) is 0.797. The van der Waals surface area contributed by atoms with Crippen molar-refractivity contribution >= 4 is 0 Å². The zero-order valence-electron chi connectivity index (χ0n) is 9.19. The maximum absolute atomic E-state index is 5.80. The van der Waals surface area contributed by atoms with E-state index in [-0.39, 0.29) is 0 Å². The standard InChI is InChI=1S/C12H20N2O/c13-9-11(8-12-4-3-7-15-12)10-14-5-1-2-6-14/h3-4,7,11H,1-2,5-6,8-10,13H2. The second-order valence-corrected chi connectivity index (χ2v) is 4.39. The second-order valence-electron chi connectivity index (χ2n) is 4.39. The highest BCUT2D eigenvalue weighted by molar-refractivity contribution is 4.99. The maximum atomic E-state index is 5.80. The first-order valence-electron chi connectivity index (χ1n) is 5.83. The van der Waals surface area contributed by atoms with Crippen molar-refractivity contribution in [3.05, 3.63) is 24.2 Å². The molecule has 3 heteroatoms. The largest absolute Gasteiger partial charge is 0.469 e. The highest BCUT2D eigenvalue weighted by Gasteiger charge is 2.17. The summed E-state index contributed by atoms with van der Waals surface area (Å²) in [6.45, 7) is 4.36. The van der Waals surface area contributed by atoms with Gasteiger partial charge in [-0.3, -0.25) is 0 Å². The molecule has 1 fully saturated rings. The Balaban J connectivity index is 1.81. The summed E-state index contributed by atoms with van der Waals surface area (Å²) in [5.74, 6) is 1.60. The summed E-state index contributed by atoms with van der Waals surface area (Å²) in [5, 5.41) is 0. The fraction of sp³-hybridized carbons (Fsp3) is 0.667. The summed E-state index contributed by atoms with van der Waals surface area (Å²) in [5.41, 5.74) is 5.80. The van der Waals surface area contributed by atoms with Crippen molar-refractivity contribution < 1.29 is 4.42 Å². The van der Waals surface area contributed by atoms with E-state index in [4.69, 9.17) is 10.2 Å². The number of hydrogen-bond donors (Lipinski definition) is 1. The Labute approximate surface area is 91.2 Å². The SMILES string of the molecule is NCC(Cc1ccco1)CN1CCCC1. The Morgan fingerprint density at radius 3 is 2.80 bits per heavy atom. The van der Waals surface area contributed by atoms with Crippen LogP contribution in [0.4, 0.5) is 0 Å². The molecule has 3 nitrogen and oxygen atoms in total. The highest BCUT2D eigenvalue weighted by Crippen LogP contribution is 2.14. The normalized spacial score (nSPS) is 19.5. The molecule has 0 bridgehead atoms. The lowest BCUT2D eigenvalue weighted by Crippen LogP contribution is -2.32. The molecule has 1 aromatic rings. The summed E-state index contributed by atoms with van der Waals surface area (Å²) in [6.07, 6.45) is 5.40. The van der Waals surface area contributed by atoms with Crippen LogP contribution in [0.25, 0.3) is 0 Å². The van der Waals surface area contributed by atoms with Gasteiger partial charge in [-0.1, -0.05) is 0 Å². The van der Waals surface area contributed by atoms with Crippen molar-refractivity contribution in [2.24, 2.45) is 11.7 Å².